The Morgan fingerprint density at radius 2 is 2.20 bits per heavy atom. The van der Waals surface area contributed by atoms with Crippen LogP contribution in [0.2, 0.25) is 0 Å². The van der Waals surface area contributed by atoms with Crippen molar-refractivity contribution in [3.63, 3.8) is 0 Å². The molecule has 1 aromatic rings. The molecule has 0 radical (unpaired) electrons. The monoisotopic (exact) mass is 291 g/mol. The molecule has 1 aliphatic heterocycles. The smallest absolute Gasteiger partial charge is 0.130 e. The van der Waals surface area contributed by atoms with Gasteiger partial charge >= 0.3 is 0 Å². The molecule has 0 aromatic heterocycles. The summed E-state index contributed by atoms with van der Waals surface area (Å²) in [7, 11) is 0. The normalized spacial score (nSPS) is 31.7. The van der Waals surface area contributed by atoms with Gasteiger partial charge in [0.2, 0.25) is 0 Å². The van der Waals surface area contributed by atoms with Gasteiger partial charge in [-0.05, 0) is 56.8 Å². The van der Waals surface area contributed by atoms with Crippen LogP contribution in [-0.4, -0.2) is 23.3 Å². The van der Waals surface area contributed by atoms with Crippen LogP contribution in [0.15, 0.2) is 24.3 Å². The van der Waals surface area contributed by atoms with E-state index in [0.29, 0.717) is 12.0 Å². The number of halogens is 1. The number of aryl methyl sites for hydroxylation is 1. The fourth-order valence-electron chi connectivity index (χ4n) is 3.48. The summed E-state index contributed by atoms with van der Waals surface area (Å²) in [6, 6.07) is 8.63. The summed E-state index contributed by atoms with van der Waals surface area (Å²) < 4.78 is 0. The van der Waals surface area contributed by atoms with E-state index in [-0.39, 0.29) is 12.4 Å². The average Bonchev–Trinajstić information content (AvgIpc) is 2.87. The quantitative estimate of drug-likeness (QED) is 0.720. The number of benzene rings is 1. The molecule has 1 saturated carbocycles. The molecule has 1 heterocycles. The Hall–Kier alpha value is -1.01. The largest absolute Gasteiger partial charge is 0.377 e. The van der Waals surface area contributed by atoms with Gasteiger partial charge in [-0.2, -0.15) is 0 Å². The highest BCUT2D eigenvalue weighted by molar-refractivity contribution is 5.85. The van der Waals surface area contributed by atoms with Gasteiger partial charge in [0.15, 0.2) is 0 Å². The summed E-state index contributed by atoms with van der Waals surface area (Å²) in [6.07, 6.45) is 4.10. The van der Waals surface area contributed by atoms with Crippen LogP contribution in [-0.2, 0) is 0 Å². The van der Waals surface area contributed by atoms with E-state index in [1.165, 1.54) is 12.0 Å². The molecule has 20 heavy (non-hydrogen) atoms. The molecule has 3 heteroatoms. The van der Waals surface area contributed by atoms with Crippen LogP contribution in [0.5, 0.6) is 0 Å². The molecule has 1 saturated heterocycles. The lowest BCUT2D eigenvalue weighted by Crippen LogP contribution is -2.47. The minimum absolute atomic E-state index is 0. The molecular formula is C17H22ClNO. The molecule has 2 fully saturated rings. The lowest BCUT2D eigenvalue weighted by molar-refractivity contribution is 0.000968. The van der Waals surface area contributed by atoms with E-state index in [1.807, 2.05) is 12.1 Å². The van der Waals surface area contributed by atoms with Crippen LogP contribution in [0, 0.1) is 24.7 Å². The minimum Gasteiger partial charge on any atom is -0.377 e. The summed E-state index contributed by atoms with van der Waals surface area (Å²) in [6.45, 7) is 3.08. The molecule has 0 bridgehead atoms. The Bertz CT molecular complexity index is 533. The first-order valence-corrected chi connectivity index (χ1v) is 7.23. The molecule has 3 rings (SSSR count). The topological polar surface area (TPSA) is 32.3 Å². The third-order valence-corrected chi connectivity index (χ3v) is 4.48. The summed E-state index contributed by atoms with van der Waals surface area (Å²) in [5.41, 5.74) is 1.42. The Morgan fingerprint density at radius 1 is 1.35 bits per heavy atom. The standard InChI is InChI=1S/C17H21NO.ClH/c1-13-4-2-5-14(12-13)7-10-17(19)9-3-6-16-15(17)8-11-18-16;/h2,4-5,12,15-16,18-19H,3,6,8-9,11H2,1H3;1H. The number of nitrogens with one attached hydrogen (secondary N) is 1. The maximum absolute atomic E-state index is 10.9. The third kappa shape index (κ3) is 3.01. The Labute approximate surface area is 127 Å². The van der Waals surface area contributed by atoms with Gasteiger partial charge in [0.25, 0.3) is 0 Å². The maximum atomic E-state index is 10.9. The number of hydrogen-bond acceptors (Lipinski definition) is 2. The molecule has 1 aromatic carbocycles. The van der Waals surface area contributed by atoms with Crippen molar-refractivity contribution in [2.24, 2.45) is 5.92 Å². The van der Waals surface area contributed by atoms with Crippen molar-refractivity contribution >= 4 is 12.4 Å². The predicted molar refractivity (Wildman–Crippen MR) is 84.0 cm³/mol. The molecule has 1 aliphatic carbocycles. The SMILES string of the molecule is Cc1cccc(C#CC2(O)CCCC3NCCC32)c1.Cl. The second-order valence-electron chi connectivity index (χ2n) is 5.89. The molecule has 0 amide bonds. The summed E-state index contributed by atoms with van der Waals surface area (Å²) in [4.78, 5) is 0. The van der Waals surface area contributed by atoms with Crippen molar-refractivity contribution in [1.82, 2.24) is 5.32 Å². The zero-order chi connectivity index (χ0) is 13.3. The second-order valence-corrected chi connectivity index (χ2v) is 5.89. The molecule has 3 atom stereocenters. The second kappa shape index (κ2) is 6.18. The van der Waals surface area contributed by atoms with E-state index in [0.717, 1.165) is 31.4 Å². The van der Waals surface area contributed by atoms with Gasteiger partial charge in [-0.1, -0.05) is 24.0 Å². The van der Waals surface area contributed by atoms with Crippen molar-refractivity contribution < 1.29 is 5.11 Å². The molecule has 2 aliphatic rings. The van der Waals surface area contributed by atoms with Crippen molar-refractivity contribution in [1.29, 1.82) is 0 Å². The first-order chi connectivity index (χ1) is 9.17. The molecule has 3 unspecified atom stereocenters. The van der Waals surface area contributed by atoms with Crippen molar-refractivity contribution in [2.45, 2.75) is 44.2 Å². The van der Waals surface area contributed by atoms with Crippen LogP contribution >= 0.6 is 12.4 Å². The number of rotatable bonds is 0. The fraction of sp³-hybridized carbons (Fsp3) is 0.529. The van der Waals surface area contributed by atoms with Gasteiger partial charge in [-0.25, -0.2) is 0 Å². The van der Waals surface area contributed by atoms with Gasteiger partial charge in [0.1, 0.15) is 5.60 Å². The molecule has 2 N–H and O–H groups in total. The van der Waals surface area contributed by atoms with Gasteiger partial charge in [-0.3, -0.25) is 0 Å². The van der Waals surface area contributed by atoms with Crippen molar-refractivity contribution in [3.05, 3.63) is 35.4 Å². The highest BCUT2D eigenvalue weighted by atomic mass is 35.5. The van der Waals surface area contributed by atoms with E-state index in [9.17, 15) is 5.11 Å². The fourth-order valence-corrected chi connectivity index (χ4v) is 3.48. The van der Waals surface area contributed by atoms with Crippen LogP contribution in [0.25, 0.3) is 0 Å². The molecule has 0 spiro atoms. The van der Waals surface area contributed by atoms with Crippen molar-refractivity contribution in [2.75, 3.05) is 6.54 Å². The number of fused-ring (bicyclic) bond motifs is 1. The zero-order valence-corrected chi connectivity index (χ0v) is 12.7. The minimum atomic E-state index is -0.795. The summed E-state index contributed by atoms with van der Waals surface area (Å²) in [5, 5.41) is 14.4. The summed E-state index contributed by atoms with van der Waals surface area (Å²) >= 11 is 0. The maximum Gasteiger partial charge on any atom is 0.130 e. The van der Waals surface area contributed by atoms with E-state index < -0.39 is 5.60 Å². The van der Waals surface area contributed by atoms with Gasteiger partial charge in [0, 0.05) is 17.5 Å². The Kier molecular flexibility index (Phi) is 4.75. The van der Waals surface area contributed by atoms with Gasteiger partial charge < -0.3 is 10.4 Å². The van der Waals surface area contributed by atoms with Crippen LogP contribution in [0.3, 0.4) is 0 Å². The van der Waals surface area contributed by atoms with Crippen LogP contribution in [0.1, 0.15) is 36.8 Å². The first kappa shape index (κ1) is 15.4. The van der Waals surface area contributed by atoms with E-state index in [2.05, 4.69) is 36.2 Å². The lowest BCUT2D eigenvalue weighted by Gasteiger charge is -2.37. The van der Waals surface area contributed by atoms with E-state index >= 15 is 0 Å². The third-order valence-electron chi connectivity index (χ3n) is 4.48. The Morgan fingerprint density at radius 3 is 3.00 bits per heavy atom. The van der Waals surface area contributed by atoms with Gasteiger partial charge in [0.05, 0.1) is 0 Å². The van der Waals surface area contributed by atoms with Crippen LogP contribution < -0.4 is 5.32 Å². The Balaban J connectivity index is 0.00000147. The van der Waals surface area contributed by atoms with E-state index in [4.69, 9.17) is 0 Å². The highest BCUT2D eigenvalue weighted by Gasteiger charge is 2.45. The first-order valence-electron chi connectivity index (χ1n) is 7.23. The van der Waals surface area contributed by atoms with Crippen LogP contribution in [0.4, 0.5) is 0 Å². The average molecular weight is 292 g/mol. The number of hydrogen-bond donors (Lipinski definition) is 2. The highest BCUT2D eigenvalue weighted by Crippen LogP contribution is 2.38. The van der Waals surface area contributed by atoms with Gasteiger partial charge in [-0.15, -0.1) is 12.4 Å². The lowest BCUT2D eigenvalue weighted by atomic mass is 9.73. The zero-order valence-electron chi connectivity index (χ0n) is 11.9. The predicted octanol–water partition coefficient (Wildman–Crippen LogP) is 2.66. The summed E-state index contributed by atoms with van der Waals surface area (Å²) in [5.74, 6) is 6.66. The number of aliphatic hydroxyl groups is 1. The van der Waals surface area contributed by atoms with Crippen molar-refractivity contribution in [3.8, 4) is 11.8 Å². The van der Waals surface area contributed by atoms with E-state index in [1.54, 1.807) is 0 Å². The molecule has 108 valence electrons. The molecular weight excluding hydrogens is 270 g/mol. The molecule has 2 nitrogen and oxygen atoms in total.